The van der Waals surface area contributed by atoms with E-state index in [0.717, 1.165) is 182 Å². The summed E-state index contributed by atoms with van der Waals surface area (Å²) in [5.74, 6) is 0. The molecule has 28 rings (SSSR count). The molecule has 16 aromatic carbocycles. The number of pyridine rings is 3. The minimum absolute atomic E-state index is 0.408. The fraction of sp³-hybridized carbons (Fsp3) is 0. The molecule has 578 valence electrons. The zero-order chi connectivity index (χ0) is 81.5. The van der Waals surface area contributed by atoms with Gasteiger partial charge in [-0.15, -0.1) is 22.7 Å². The molecule has 0 saturated carbocycles. The van der Waals surface area contributed by atoms with Gasteiger partial charge in [-0.25, -0.2) is 0 Å². The van der Waals surface area contributed by atoms with Gasteiger partial charge in [0.15, 0.2) is 0 Å². The Morgan fingerprint density at radius 1 is 0.208 bits per heavy atom. The maximum absolute atomic E-state index is 14.0. The van der Waals surface area contributed by atoms with Crippen LogP contribution in [0.4, 0.5) is 0 Å². The lowest BCUT2D eigenvalue weighted by atomic mass is 10.00. The summed E-state index contributed by atoms with van der Waals surface area (Å²) in [5.41, 5.74) is 26.2. The predicted octanol–water partition coefficient (Wildman–Crippen LogP) is 29.5. The van der Waals surface area contributed by atoms with Crippen LogP contribution in [0, 0.1) is 11.3 Å². The van der Waals surface area contributed by atoms with Gasteiger partial charge >= 0.3 is 0 Å². The van der Waals surface area contributed by atoms with Crippen LogP contribution in [0.25, 0.3) is 255 Å². The van der Waals surface area contributed by atoms with Crippen molar-refractivity contribution in [1.82, 2.24) is 46.9 Å². The van der Waals surface area contributed by atoms with E-state index in [4.69, 9.17) is 15.0 Å². The fourth-order valence-corrected chi connectivity index (χ4v) is 23.9. The number of fused-ring (bicyclic) bond motifs is 27. The van der Waals surface area contributed by atoms with Crippen LogP contribution >= 0.6 is 22.7 Å². The van der Waals surface area contributed by atoms with E-state index in [0.29, 0.717) is 16.9 Å². The highest BCUT2D eigenvalue weighted by Gasteiger charge is 2.38. The van der Waals surface area contributed by atoms with Crippen molar-refractivity contribution in [2.24, 2.45) is 0 Å². The monoisotopic (exact) mass is 1630 g/mol. The average molecular weight is 1630 g/mol. The zero-order valence-corrected chi connectivity index (χ0v) is 68.2. The van der Waals surface area contributed by atoms with Crippen molar-refractivity contribution >= 4 is 216 Å². The maximum atomic E-state index is 14.0. The predicted molar refractivity (Wildman–Crippen MR) is 522 cm³/mol. The van der Waals surface area contributed by atoms with Crippen LogP contribution in [0.15, 0.2) is 383 Å². The van der Waals surface area contributed by atoms with Crippen molar-refractivity contribution in [3.8, 4) is 68.1 Å². The van der Waals surface area contributed by atoms with Crippen molar-refractivity contribution in [2.75, 3.05) is 0 Å². The van der Waals surface area contributed by atoms with Gasteiger partial charge in [0, 0.05) is 130 Å². The van der Waals surface area contributed by atoms with Gasteiger partial charge in [0.25, 0.3) is 0 Å². The minimum atomic E-state index is 0.408. The SMILES string of the molecule is N#Cc1c(-n2c3ccccc3c3ncccc32)c(-n2c3ccc(-c4cccc5c4sc4ccccc45)cc3c3cc(-n4c5ccccc5c5ccccc54)ccc32)c(-n2c3ccccc3c3ncccc32)c(-n2c3ccc(-c4cccc5c4sc4ccccc45)cc3c3cc(-n4c5ccccc5c5ccccc54)ccc32)c1-n1c2ccccc2c2ncccc21. The number of rotatable bonds is 9. The van der Waals surface area contributed by atoms with E-state index in [1.54, 1.807) is 0 Å². The number of thiophene rings is 2. The van der Waals surface area contributed by atoms with Crippen LogP contribution in [0.2, 0.25) is 0 Å². The summed E-state index contributed by atoms with van der Waals surface area (Å²) >= 11 is 3.69. The zero-order valence-electron chi connectivity index (χ0n) is 66.6. The summed E-state index contributed by atoms with van der Waals surface area (Å²) in [7, 11) is 0. The van der Waals surface area contributed by atoms with Gasteiger partial charge in [0.1, 0.15) is 11.6 Å². The lowest BCUT2D eigenvalue weighted by Crippen LogP contribution is -2.19. The van der Waals surface area contributed by atoms with Gasteiger partial charge in [0.2, 0.25) is 0 Å². The van der Waals surface area contributed by atoms with Crippen molar-refractivity contribution in [2.45, 2.75) is 0 Å². The molecule has 0 atom stereocenters. The Kier molecular flexibility index (Phi) is 14.1. The van der Waals surface area contributed by atoms with Crippen molar-refractivity contribution < 1.29 is 0 Å². The number of benzene rings is 16. The molecule has 0 spiro atoms. The van der Waals surface area contributed by atoms with Gasteiger partial charge in [-0.2, -0.15) is 5.26 Å². The molecule has 0 saturated heterocycles. The third-order valence-electron chi connectivity index (χ3n) is 26.5. The third-order valence-corrected chi connectivity index (χ3v) is 28.9. The van der Waals surface area contributed by atoms with Crippen molar-refractivity contribution in [3.63, 3.8) is 0 Å². The highest BCUT2D eigenvalue weighted by molar-refractivity contribution is 7.26. The molecule has 11 nitrogen and oxygen atoms in total. The van der Waals surface area contributed by atoms with Crippen LogP contribution in [0.1, 0.15) is 5.56 Å². The molecule has 125 heavy (non-hydrogen) atoms. The quantitative estimate of drug-likeness (QED) is 0.144. The first kappa shape index (κ1) is 68.3. The van der Waals surface area contributed by atoms with E-state index in [2.05, 4.69) is 390 Å². The largest absolute Gasteiger partial charge is 0.309 e. The average Bonchev–Trinajstić information content (AvgIpc) is 1.54. The Morgan fingerprint density at radius 2 is 0.480 bits per heavy atom. The van der Waals surface area contributed by atoms with Crippen LogP contribution < -0.4 is 0 Å². The molecular formula is C112H63N11S2. The number of aromatic nitrogens is 10. The van der Waals surface area contributed by atoms with Crippen LogP contribution in [-0.2, 0) is 0 Å². The first-order valence-electron chi connectivity index (χ1n) is 42.2. The molecule has 28 aromatic rings. The van der Waals surface area contributed by atoms with Crippen LogP contribution in [-0.4, -0.2) is 46.9 Å². The minimum Gasteiger partial charge on any atom is -0.309 e. The van der Waals surface area contributed by atoms with E-state index in [1.807, 2.05) is 53.4 Å². The number of nitriles is 1. The lowest BCUT2D eigenvalue weighted by Gasteiger charge is -2.30. The van der Waals surface area contributed by atoms with Gasteiger partial charge in [-0.1, -0.05) is 212 Å². The topological polar surface area (TPSA) is 97.0 Å². The highest BCUT2D eigenvalue weighted by atomic mass is 32.1. The van der Waals surface area contributed by atoms with E-state index in [9.17, 15) is 5.26 Å². The highest BCUT2D eigenvalue weighted by Crippen LogP contribution is 2.54. The normalized spacial score (nSPS) is 12.3. The van der Waals surface area contributed by atoms with Crippen molar-refractivity contribution in [3.05, 3.63) is 388 Å². The Balaban J connectivity index is 0.882. The maximum Gasteiger partial charge on any atom is 0.105 e. The summed E-state index contributed by atoms with van der Waals surface area (Å²) in [5, 5.41) is 30.6. The second-order valence-electron chi connectivity index (χ2n) is 32.7. The molecule has 0 bridgehead atoms. The Labute approximate surface area is 719 Å². The molecule has 0 radical (unpaired) electrons. The molecule has 0 unspecified atom stereocenters. The summed E-state index contributed by atoms with van der Waals surface area (Å²) < 4.78 is 22.1. The number of hydrogen-bond acceptors (Lipinski definition) is 6. The molecule has 12 heterocycles. The van der Waals surface area contributed by atoms with Crippen molar-refractivity contribution in [1.29, 1.82) is 5.26 Å². The Morgan fingerprint density at radius 3 is 0.848 bits per heavy atom. The Bertz CT molecular complexity index is 8940. The third kappa shape index (κ3) is 9.36. The second-order valence-corrected chi connectivity index (χ2v) is 34.8. The summed E-state index contributed by atoms with van der Waals surface area (Å²) in [6, 6.07) is 137. The molecule has 0 aliphatic heterocycles. The molecular weight excluding hydrogens is 1560 g/mol. The molecule has 0 aliphatic carbocycles. The first-order valence-corrected chi connectivity index (χ1v) is 43.8. The van der Waals surface area contributed by atoms with Crippen LogP contribution in [0.3, 0.4) is 0 Å². The molecule has 0 amide bonds. The lowest BCUT2D eigenvalue weighted by molar-refractivity contribution is 0.991. The number of para-hydroxylation sites is 7. The van der Waals surface area contributed by atoms with E-state index in [-0.39, 0.29) is 0 Å². The van der Waals surface area contributed by atoms with Gasteiger partial charge in [-0.05, 0) is 174 Å². The number of nitrogens with zero attached hydrogens (tertiary/aromatic N) is 11. The Hall–Kier alpha value is -16.5. The number of hydrogen-bond donors (Lipinski definition) is 0. The summed E-state index contributed by atoms with van der Waals surface area (Å²) in [6.07, 6.45) is 5.70. The fourth-order valence-electron chi connectivity index (χ4n) is 21.4. The first-order chi connectivity index (χ1) is 62.0. The van der Waals surface area contributed by atoms with E-state index >= 15 is 0 Å². The smallest absolute Gasteiger partial charge is 0.105 e. The molecule has 0 fully saturated rings. The van der Waals surface area contributed by atoms with Gasteiger partial charge in [-0.3, -0.25) is 15.0 Å². The van der Waals surface area contributed by atoms with E-state index < -0.39 is 0 Å². The van der Waals surface area contributed by atoms with Gasteiger partial charge < -0.3 is 32.0 Å². The van der Waals surface area contributed by atoms with Gasteiger partial charge in [0.05, 0.1) is 122 Å². The summed E-state index contributed by atoms with van der Waals surface area (Å²) in [4.78, 5) is 16.2. The standard InChI is InChI=1S/C112H63N11S2/c113-64-86-106(121-91-41-14-5-30-79(91)103-98(121)44-21-57-114-103)108(119-94-53-49-65(69-33-19-35-77-75-28-8-17-47-101(75)124-111(69)77)60-82(94)84-62-67(51-55-96(84)119)117-87-37-10-1-24-71(87)72-25-2-11-38-88(72)117)110(123-93-43-16-7-32-81(93)105-100(123)46-23-59-116-105)109(107(86)122-92-42-15-6-31-80(92)104-99(122)45-22-58-115-104)120-95-54-50-66(70-34-20-36-78-76-29-9-18-48-102(76)125-112(70)78)61-83(95)85-63-68(52-56-97(85)120)118-89-39-12-3-26-73(89)74-27-4-13-40-90(74)118/h1-63H. The van der Waals surface area contributed by atoms with Crippen LogP contribution in [0.5, 0.6) is 0 Å². The molecule has 13 heteroatoms. The molecule has 12 aromatic heterocycles. The molecule has 0 N–H and O–H groups in total. The van der Waals surface area contributed by atoms with E-state index in [1.165, 1.54) is 61.9 Å². The summed E-state index contributed by atoms with van der Waals surface area (Å²) in [6.45, 7) is 0. The second kappa shape index (κ2) is 25.8. The molecule has 0 aliphatic rings.